The summed E-state index contributed by atoms with van der Waals surface area (Å²) in [4.78, 5) is 8.49. The molecular formula is C13H14BrIN4. The smallest absolute Gasteiger partial charge is 0.150 e. The molecule has 2 N–H and O–H groups in total. The second kappa shape index (κ2) is 7.04. The van der Waals surface area contributed by atoms with Crippen LogP contribution in [0.15, 0.2) is 35.1 Å². The fourth-order valence-corrected chi connectivity index (χ4v) is 2.51. The van der Waals surface area contributed by atoms with E-state index in [0.29, 0.717) is 0 Å². The van der Waals surface area contributed by atoms with Crippen LogP contribution in [0.1, 0.15) is 13.3 Å². The highest BCUT2D eigenvalue weighted by atomic mass is 127. The van der Waals surface area contributed by atoms with Gasteiger partial charge in [-0.05, 0) is 63.1 Å². The summed E-state index contributed by atoms with van der Waals surface area (Å²) in [5.74, 6) is 1.57. The van der Waals surface area contributed by atoms with Gasteiger partial charge in [0.15, 0.2) is 0 Å². The molecule has 0 aliphatic heterocycles. The molecule has 2 rings (SSSR count). The van der Waals surface area contributed by atoms with Crippen LogP contribution in [-0.4, -0.2) is 16.5 Å². The molecule has 0 saturated heterocycles. The van der Waals surface area contributed by atoms with Crippen molar-refractivity contribution in [2.24, 2.45) is 0 Å². The van der Waals surface area contributed by atoms with Gasteiger partial charge in [-0.2, -0.15) is 0 Å². The van der Waals surface area contributed by atoms with Gasteiger partial charge in [-0.3, -0.25) is 0 Å². The Bertz CT molecular complexity index is 562. The van der Waals surface area contributed by atoms with E-state index >= 15 is 0 Å². The lowest BCUT2D eigenvalue weighted by Crippen LogP contribution is -2.05. The van der Waals surface area contributed by atoms with E-state index in [1.165, 1.54) is 3.57 Å². The van der Waals surface area contributed by atoms with Crippen molar-refractivity contribution in [1.29, 1.82) is 0 Å². The quantitative estimate of drug-likeness (QED) is 0.687. The number of rotatable bonds is 5. The van der Waals surface area contributed by atoms with Crippen LogP contribution in [0.5, 0.6) is 0 Å². The average molecular weight is 433 g/mol. The lowest BCUT2D eigenvalue weighted by atomic mass is 10.3. The van der Waals surface area contributed by atoms with Crippen LogP contribution < -0.4 is 10.6 Å². The van der Waals surface area contributed by atoms with Gasteiger partial charge in [0, 0.05) is 15.8 Å². The number of hydrogen-bond donors (Lipinski definition) is 2. The Morgan fingerprint density at radius 2 is 2.05 bits per heavy atom. The van der Waals surface area contributed by atoms with Gasteiger partial charge in [-0.25, -0.2) is 9.97 Å². The minimum Gasteiger partial charge on any atom is -0.369 e. The van der Waals surface area contributed by atoms with Crippen LogP contribution in [0.25, 0.3) is 0 Å². The molecule has 0 atom stereocenters. The number of nitrogens with zero attached hydrogens (tertiary/aromatic N) is 2. The Balaban J connectivity index is 2.20. The van der Waals surface area contributed by atoms with E-state index < -0.39 is 0 Å². The van der Waals surface area contributed by atoms with Crippen molar-refractivity contribution < 1.29 is 0 Å². The van der Waals surface area contributed by atoms with Gasteiger partial charge in [0.05, 0.1) is 0 Å². The van der Waals surface area contributed by atoms with Crippen molar-refractivity contribution in [3.8, 4) is 0 Å². The first-order chi connectivity index (χ1) is 9.20. The Hall–Kier alpha value is -0.890. The number of anilines is 3. The van der Waals surface area contributed by atoms with Gasteiger partial charge in [-0.15, -0.1) is 0 Å². The highest BCUT2D eigenvalue weighted by Gasteiger charge is 2.08. The maximum absolute atomic E-state index is 4.26. The third kappa shape index (κ3) is 4.04. The Kier molecular flexibility index (Phi) is 5.38. The molecule has 0 radical (unpaired) electrons. The molecule has 4 nitrogen and oxygen atoms in total. The predicted molar refractivity (Wildman–Crippen MR) is 91.0 cm³/mol. The van der Waals surface area contributed by atoms with Gasteiger partial charge >= 0.3 is 0 Å². The molecule has 0 spiro atoms. The van der Waals surface area contributed by atoms with E-state index in [-0.39, 0.29) is 0 Å². The van der Waals surface area contributed by atoms with Gasteiger partial charge in [0.2, 0.25) is 0 Å². The lowest BCUT2D eigenvalue weighted by Gasteiger charge is -2.11. The maximum Gasteiger partial charge on any atom is 0.150 e. The van der Waals surface area contributed by atoms with E-state index in [9.17, 15) is 0 Å². The molecule has 100 valence electrons. The SMILES string of the molecule is CCCNc1ncnc(Nc2cccc(I)c2)c1Br. The molecule has 0 fully saturated rings. The summed E-state index contributed by atoms with van der Waals surface area (Å²) in [7, 11) is 0. The standard InChI is InChI=1S/C13H14BrIN4/c1-2-6-16-12-11(14)13(18-8-17-12)19-10-5-3-4-9(15)7-10/h3-5,7-8H,2,6H2,1H3,(H2,16,17,18,19). The first-order valence-corrected chi connectivity index (χ1v) is 7.85. The van der Waals surface area contributed by atoms with E-state index in [1.54, 1.807) is 6.33 Å². The van der Waals surface area contributed by atoms with Gasteiger partial charge in [-0.1, -0.05) is 13.0 Å². The minimum absolute atomic E-state index is 0.760. The van der Waals surface area contributed by atoms with Gasteiger partial charge < -0.3 is 10.6 Å². The Labute approximate surface area is 134 Å². The van der Waals surface area contributed by atoms with E-state index in [4.69, 9.17) is 0 Å². The monoisotopic (exact) mass is 432 g/mol. The molecule has 0 aliphatic carbocycles. The molecule has 2 aromatic rings. The molecule has 6 heteroatoms. The zero-order chi connectivity index (χ0) is 13.7. The van der Waals surface area contributed by atoms with Crippen LogP contribution in [0.3, 0.4) is 0 Å². The van der Waals surface area contributed by atoms with Crippen LogP contribution in [0.2, 0.25) is 0 Å². The number of nitrogens with one attached hydrogen (secondary N) is 2. The van der Waals surface area contributed by atoms with Gasteiger partial charge in [0.25, 0.3) is 0 Å². The first-order valence-electron chi connectivity index (χ1n) is 5.97. The summed E-state index contributed by atoms with van der Waals surface area (Å²) in [6.45, 7) is 3.01. The van der Waals surface area contributed by atoms with Crippen molar-refractivity contribution in [2.75, 3.05) is 17.2 Å². The fourth-order valence-electron chi connectivity index (χ4n) is 1.53. The molecule has 0 aliphatic rings. The van der Waals surface area contributed by atoms with E-state index in [0.717, 1.165) is 34.8 Å². The average Bonchev–Trinajstić information content (AvgIpc) is 2.40. The second-order valence-corrected chi connectivity index (χ2v) is 5.99. The van der Waals surface area contributed by atoms with E-state index in [2.05, 4.69) is 78.2 Å². The summed E-state index contributed by atoms with van der Waals surface area (Å²) in [5, 5.41) is 6.55. The van der Waals surface area contributed by atoms with Crippen molar-refractivity contribution in [3.05, 3.63) is 38.6 Å². The lowest BCUT2D eigenvalue weighted by molar-refractivity contribution is 0.962. The number of halogens is 2. The summed E-state index contributed by atoms with van der Waals surface area (Å²) in [6, 6.07) is 8.13. The van der Waals surface area contributed by atoms with Crippen LogP contribution >= 0.6 is 38.5 Å². The highest BCUT2D eigenvalue weighted by Crippen LogP contribution is 2.29. The molecule has 1 aromatic heterocycles. The third-order valence-electron chi connectivity index (χ3n) is 2.42. The van der Waals surface area contributed by atoms with Crippen molar-refractivity contribution in [3.63, 3.8) is 0 Å². The van der Waals surface area contributed by atoms with Crippen LogP contribution in [0, 0.1) is 3.57 Å². The van der Waals surface area contributed by atoms with Gasteiger partial charge in [0.1, 0.15) is 22.4 Å². The Morgan fingerprint density at radius 1 is 1.26 bits per heavy atom. The van der Waals surface area contributed by atoms with E-state index in [1.807, 2.05) is 12.1 Å². The third-order valence-corrected chi connectivity index (χ3v) is 3.84. The molecule has 1 aromatic carbocycles. The Morgan fingerprint density at radius 3 is 2.79 bits per heavy atom. The minimum atomic E-state index is 0.760. The van der Waals surface area contributed by atoms with Crippen molar-refractivity contribution >= 4 is 55.8 Å². The largest absolute Gasteiger partial charge is 0.369 e. The molecule has 0 saturated carbocycles. The number of hydrogen-bond acceptors (Lipinski definition) is 4. The fraction of sp³-hybridized carbons (Fsp3) is 0.231. The van der Waals surface area contributed by atoms with Crippen LogP contribution in [-0.2, 0) is 0 Å². The molecular weight excluding hydrogens is 419 g/mol. The summed E-state index contributed by atoms with van der Waals surface area (Å²) < 4.78 is 2.03. The zero-order valence-electron chi connectivity index (χ0n) is 10.5. The molecule has 0 bridgehead atoms. The summed E-state index contributed by atoms with van der Waals surface area (Å²) in [6.07, 6.45) is 2.61. The highest BCUT2D eigenvalue weighted by molar-refractivity contribution is 14.1. The predicted octanol–water partition coefficient (Wildman–Crippen LogP) is 4.41. The van der Waals surface area contributed by atoms with Crippen LogP contribution in [0.4, 0.5) is 17.3 Å². The maximum atomic E-state index is 4.26. The summed E-state index contributed by atoms with van der Waals surface area (Å²) >= 11 is 5.82. The van der Waals surface area contributed by atoms with Crippen molar-refractivity contribution in [1.82, 2.24) is 9.97 Å². The first kappa shape index (κ1) is 14.5. The molecule has 1 heterocycles. The molecule has 0 unspecified atom stereocenters. The zero-order valence-corrected chi connectivity index (χ0v) is 14.2. The molecule has 0 amide bonds. The van der Waals surface area contributed by atoms with Crippen molar-refractivity contribution in [2.45, 2.75) is 13.3 Å². The topological polar surface area (TPSA) is 49.8 Å². The summed E-state index contributed by atoms with van der Waals surface area (Å²) in [5.41, 5.74) is 1.01. The normalized spacial score (nSPS) is 10.3. The number of aromatic nitrogens is 2. The molecule has 19 heavy (non-hydrogen) atoms. The second-order valence-electron chi connectivity index (χ2n) is 3.95. The number of benzene rings is 1.